The highest BCUT2D eigenvalue weighted by Crippen LogP contribution is 2.41. The van der Waals surface area contributed by atoms with Gasteiger partial charge in [-0.1, -0.05) is 24.6 Å². The number of phenols is 2. The van der Waals surface area contributed by atoms with E-state index in [9.17, 15) is 10.2 Å². The van der Waals surface area contributed by atoms with Crippen LogP contribution in [0, 0.1) is 0 Å². The van der Waals surface area contributed by atoms with Crippen molar-refractivity contribution in [3.63, 3.8) is 0 Å². The molecule has 1 saturated heterocycles. The number of likely N-dealkylation sites (tertiary alicyclic amines) is 1. The van der Waals surface area contributed by atoms with Crippen molar-refractivity contribution < 1.29 is 19.7 Å². The molecule has 0 aromatic heterocycles. The van der Waals surface area contributed by atoms with Crippen LogP contribution in [-0.4, -0.2) is 41.4 Å². The first-order chi connectivity index (χ1) is 16.7. The van der Waals surface area contributed by atoms with Gasteiger partial charge < -0.3 is 19.7 Å². The number of ether oxygens (including phenoxy) is 2. The SMILES string of the molecule is Cl.Oc1cccc(-c2ccc3cc(O)ccc3c2Oc2ccc(OCCN3CCCCC3)cc2)c1. The lowest BCUT2D eigenvalue weighted by molar-refractivity contribution is 0.183. The highest BCUT2D eigenvalue weighted by atomic mass is 35.5. The maximum Gasteiger partial charge on any atom is 0.143 e. The Morgan fingerprint density at radius 1 is 0.743 bits per heavy atom. The fourth-order valence-electron chi connectivity index (χ4n) is 4.50. The average Bonchev–Trinajstić information content (AvgIpc) is 2.86. The number of aromatic hydroxyl groups is 2. The van der Waals surface area contributed by atoms with Crippen LogP contribution in [0.3, 0.4) is 0 Å². The van der Waals surface area contributed by atoms with Gasteiger partial charge in [0.15, 0.2) is 0 Å². The number of phenolic OH excluding ortho intramolecular Hbond substituents is 2. The lowest BCUT2D eigenvalue weighted by Crippen LogP contribution is -2.33. The van der Waals surface area contributed by atoms with Gasteiger partial charge in [0.05, 0.1) is 0 Å². The fourth-order valence-corrected chi connectivity index (χ4v) is 4.50. The van der Waals surface area contributed by atoms with Gasteiger partial charge in [0.25, 0.3) is 0 Å². The van der Waals surface area contributed by atoms with Crippen molar-refractivity contribution in [1.29, 1.82) is 0 Å². The number of hydrogen-bond acceptors (Lipinski definition) is 5. The Kier molecular flexibility index (Phi) is 8.01. The molecule has 0 atom stereocenters. The number of halogens is 1. The van der Waals surface area contributed by atoms with Gasteiger partial charge >= 0.3 is 0 Å². The summed E-state index contributed by atoms with van der Waals surface area (Å²) >= 11 is 0. The largest absolute Gasteiger partial charge is 0.508 e. The minimum absolute atomic E-state index is 0. The van der Waals surface area contributed by atoms with Crippen molar-refractivity contribution in [1.82, 2.24) is 4.90 Å². The predicted octanol–water partition coefficient (Wildman–Crippen LogP) is 7.00. The molecule has 35 heavy (non-hydrogen) atoms. The first-order valence-corrected chi connectivity index (χ1v) is 11.8. The van der Waals surface area contributed by atoms with E-state index in [-0.39, 0.29) is 23.9 Å². The van der Waals surface area contributed by atoms with Crippen LogP contribution in [0.25, 0.3) is 21.9 Å². The van der Waals surface area contributed by atoms with E-state index in [2.05, 4.69) is 4.90 Å². The van der Waals surface area contributed by atoms with E-state index in [0.717, 1.165) is 34.2 Å². The quantitative estimate of drug-likeness (QED) is 0.291. The van der Waals surface area contributed by atoms with Gasteiger partial charge in [-0.15, -0.1) is 12.4 Å². The molecule has 0 saturated carbocycles. The van der Waals surface area contributed by atoms with Crippen LogP contribution < -0.4 is 9.47 Å². The van der Waals surface area contributed by atoms with Gasteiger partial charge in [-0.2, -0.15) is 0 Å². The molecule has 0 bridgehead atoms. The fraction of sp³-hybridized carbons (Fsp3) is 0.241. The Labute approximate surface area is 212 Å². The van der Waals surface area contributed by atoms with E-state index in [0.29, 0.717) is 18.1 Å². The van der Waals surface area contributed by atoms with E-state index in [1.54, 1.807) is 24.3 Å². The molecule has 5 nitrogen and oxygen atoms in total. The Hall–Kier alpha value is -3.41. The highest BCUT2D eigenvalue weighted by Gasteiger charge is 2.14. The van der Waals surface area contributed by atoms with Gasteiger partial charge in [-0.25, -0.2) is 0 Å². The number of piperidine rings is 1. The van der Waals surface area contributed by atoms with E-state index in [1.165, 1.54) is 32.4 Å². The highest BCUT2D eigenvalue weighted by molar-refractivity contribution is 5.96. The number of hydrogen-bond donors (Lipinski definition) is 2. The molecule has 2 N–H and O–H groups in total. The molecular formula is C29H30ClNO4. The molecular weight excluding hydrogens is 462 g/mol. The number of fused-ring (bicyclic) bond motifs is 1. The first kappa shape index (κ1) is 24.7. The van der Waals surface area contributed by atoms with Crippen molar-refractivity contribution in [2.24, 2.45) is 0 Å². The molecule has 6 heteroatoms. The van der Waals surface area contributed by atoms with Crippen LogP contribution >= 0.6 is 12.4 Å². The normalized spacial score (nSPS) is 13.8. The number of nitrogens with zero attached hydrogens (tertiary/aromatic N) is 1. The third-order valence-corrected chi connectivity index (χ3v) is 6.28. The summed E-state index contributed by atoms with van der Waals surface area (Å²) < 4.78 is 12.3. The van der Waals surface area contributed by atoms with Crippen molar-refractivity contribution in [3.05, 3.63) is 78.9 Å². The van der Waals surface area contributed by atoms with Crippen molar-refractivity contribution in [3.8, 4) is 39.9 Å². The first-order valence-electron chi connectivity index (χ1n) is 11.8. The average molecular weight is 492 g/mol. The Morgan fingerprint density at radius 3 is 2.26 bits per heavy atom. The third kappa shape index (κ3) is 5.99. The van der Waals surface area contributed by atoms with Crippen molar-refractivity contribution in [2.45, 2.75) is 19.3 Å². The topological polar surface area (TPSA) is 62.2 Å². The molecule has 0 unspecified atom stereocenters. The summed E-state index contributed by atoms with van der Waals surface area (Å²) in [6.45, 7) is 3.96. The van der Waals surface area contributed by atoms with Crippen LogP contribution in [0.2, 0.25) is 0 Å². The van der Waals surface area contributed by atoms with Crippen molar-refractivity contribution in [2.75, 3.05) is 26.2 Å². The zero-order valence-corrected chi connectivity index (χ0v) is 20.3. The molecule has 0 spiro atoms. The summed E-state index contributed by atoms with van der Waals surface area (Å²) in [7, 11) is 0. The summed E-state index contributed by atoms with van der Waals surface area (Å²) in [6.07, 6.45) is 3.90. The van der Waals surface area contributed by atoms with E-state index in [1.807, 2.05) is 54.6 Å². The minimum atomic E-state index is 0. The molecule has 4 aromatic rings. The molecule has 5 rings (SSSR count). The molecule has 0 aliphatic carbocycles. The Balaban J connectivity index is 0.00000289. The van der Waals surface area contributed by atoms with Gasteiger partial charge in [-0.3, -0.25) is 4.90 Å². The van der Waals surface area contributed by atoms with Gasteiger partial charge in [0, 0.05) is 17.5 Å². The van der Waals surface area contributed by atoms with E-state index >= 15 is 0 Å². The standard InChI is InChI=1S/C29H29NO4.ClH/c31-23-6-4-5-21(19-23)27-13-7-22-20-24(32)8-14-28(22)29(27)34-26-11-9-25(10-12-26)33-18-17-30-15-2-1-3-16-30;/h4-14,19-20,31-32H,1-3,15-18H2;1H. The second-order valence-electron chi connectivity index (χ2n) is 8.72. The second kappa shape index (κ2) is 11.3. The monoisotopic (exact) mass is 491 g/mol. The smallest absolute Gasteiger partial charge is 0.143 e. The zero-order chi connectivity index (χ0) is 23.3. The minimum Gasteiger partial charge on any atom is -0.508 e. The van der Waals surface area contributed by atoms with Crippen LogP contribution in [0.4, 0.5) is 0 Å². The number of benzene rings is 4. The Morgan fingerprint density at radius 2 is 1.49 bits per heavy atom. The molecule has 0 amide bonds. The van der Waals surface area contributed by atoms with Crippen molar-refractivity contribution >= 4 is 23.2 Å². The molecule has 1 heterocycles. The van der Waals surface area contributed by atoms with Gasteiger partial charge in [0.1, 0.15) is 35.4 Å². The van der Waals surface area contributed by atoms with Gasteiger partial charge in [0.2, 0.25) is 0 Å². The summed E-state index contributed by atoms with van der Waals surface area (Å²) in [5.41, 5.74) is 1.71. The maximum absolute atomic E-state index is 10.00. The summed E-state index contributed by atoms with van der Waals surface area (Å²) in [6, 6.07) is 23.9. The zero-order valence-electron chi connectivity index (χ0n) is 19.5. The third-order valence-electron chi connectivity index (χ3n) is 6.28. The summed E-state index contributed by atoms with van der Waals surface area (Å²) in [5, 5.41) is 21.7. The molecule has 0 radical (unpaired) electrons. The molecule has 182 valence electrons. The molecule has 1 fully saturated rings. The van der Waals surface area contributed by atoms with Crippen LogP contribution in [-0.2, 0) is 0 Å². The number of rotatable bonds is 7. The summed E-state index contributed by atoms with van der Waals surface area (Å²) in [5.74, 6) is 2.57. The lowest BCUT2D eigenvalue weighted by Gasteiger charge is -2.26. The lowest BCUT2D eigenvalue weighted by atomic mass is 9.99. The Bertz CT molecular complexity index is 1270. The van der Waals surface area contributed by atoms with Crippen LogP contribution in [0.15, 0.2) is 78.9 Å². The molecule has 4 aromatic carbocycles. The summed E-state index contributed by atoms with van der Waals surface area (Å²) in [4.78, 5) is 2.46. The maximum atomic E-state index is 10.00. The van der Waals surface area contributed by atoms with E-state index < -0.39 is 0 Å². The van der Waals surface area contributed by atoms with E-state index in [4.69, 9.17) is 9.47 Å². The van der Waals surface area contributed by atoms with Gasteiger partial charge in [-0.05, 0) is 97.5 Å². The molecule has 1 aliphatic heterocycles. The van der Waals surface area contributed by atoms with Crippen LogP contribution in [0.1, 0.15) is 19.3 Å². The second-order valence-corrected chi connectivity index (χ2v) is 8.72. The predicted molar refractivity (Wildman–Crippen MR) is 142 cm³/mol. The van der Waals surface area contributed by atoms with Crippen LogP contribution in [0.5, 0.6) is 28.7 Å². The molecule has 1 aliphatic rings.